The van der Waals surface area contributed by atoms with Gasteiger partial charge in [-0.2, -0.15) is 0 Å². The maximum absolute atomic E-state index is 12.7. The number of anilines is 2. The van der Waals surface area contributed by atoms with Gasteiger partial charge >= 0.3 is 6.03 Å². The van der Waals surface area contributed by atoms with Crippen molar-refractivity contribution in [1.29, 1.82) is 0 Å². The van der Waals surface area contributed by atoms with E-state index in [0.717, 1.165) is 36.6 Å². The van der Waals surface area contributed by atoms with E-state index in [0.29, 0.717) is 10.7 Å². The number of hydrogen-bond donors (Lipinski definition) is 2. The Hall–Kier alpha value is -3.25. The molecule has 2 aromatic carbocycles. The van der Waals surface area contributed by atoms with Crippen molar-refractivity contribution in [3.8, 4) is 5.75 Å². The monoisotopic (exact) mass is 436 g/mol. The third kappa shape index (κ3) is 5.27. The van der Waals surface area contributed by atoms with Gasteiger partial charge < -0.3 is 20.3 Å². The Balaban J connectivity index is 1.51. The zero-order valence-electron chi connectivity index (χ0n) is 17.3. The smallest absolute Gasteiger partial charge is 0.319 e. The molecule has 2 atom stereocenters. The summed E-state index contributed by atoms with van der Waals surface area (Å²) in [5.41, 5.74) is 1.85. The number of urea groups is 1. The number of nitrogens with one attached hydrogen (secondary N) is 2. The molecular formula is C24H25ClN4O2. The molecule has 0 bridgehead atoms. The number of amides is 2. The van der Waals surface area contributed by atoms with E-state index >= 15 is 0 Å². The van der Waals surface area contributed by atoms with Gasteiger partial charge in [-0.3, -0.25) is 0 Å². The normalized spacial score (nSPS) is 18.3. The van der Waals surface area contributed by atoms with Crippen molar-refractivity contribution >= 4 is 29.1 Å². The molecule has 0 saturated carbocycles. The van der Waals surface area contributed by atoms with Crippen LogP contribution in [0.15, 0.2) is 72.9 Å². The van der Waals surface area contributed by atoms with Crippen LogP contribution >= 0.6 is 11.6 Å². The molecule has 160 valence electrons. The Kier molecular flexibility index (Phi) is 6.57. The SMILES string of the molecule is COc1ccc(C2CN(c3ccccn3)CC[C@H]2NC(=O)Nc2ccc(Cl)cc2)cc1. The van der Waals surface area contributed by atoms with Gasteiger partial charge in [-0.25, -0.2) is 9.78 Å². The summed E-state index contributed by atoms with van der Waals surface area (Å²) in [6, 6.07) is 20.8. The van der Waals surface area contributed by atoms with E-state index < -0.39 is 0 Å². The average Bonchev–Trinajstić information content (AvgIpc) is 2.81. The summed E-state index contributed by atoms with van der Waals surface area (Å²) in [5.74, 6) is 1.87. The minimum Gasteiger partial charge on any atom is -0.497 e. The lowest BCUT2D eigenvalue weighted by Gasteiger charge is -2.39. The minimum atomic E-state index is -0.225. The number of rotatable bonds is 5. The molecule has 2 amide bonds. The predicted octanol–water partition coefficient (Wildman–Crippen LogP) is 4.93. The van der Waals surface area contributed by atoms with E-state index in [-0.39, 0.29) is 18.0 Å². The van der Waals surface area contributed by atoms with Gasteiger partial charge in [-0.05, 0) is 60.5 Å². The summed E-state index contributed by atoms with van der Waals surface area (Å²) < 4.78 is 5.30. The van der Waals surface area contributed by atoms with Gasteiger partial charge in [0.15, 0.2) is 0 Å². The van der Waals surface area contributed by atoms with Crippen LogP contribution in [0.5, 0.6) is 5.75 Å². The number of benzene rings is 2. The Bertz CT molecular complexity index is 996. The standard InChI is InChI=1S/C24H25ClN4O2/c1-31-20-11-5-17(6-12-20)21-16-29(23-4-2-3-14-26-23)15-13-22(21)28-24(30)27-19-9-7-18(25)8-10-19/h2-12,14,21-22H,13,15-16H2,1H3,(H2,27,28,30)/t21?,22-/m1/s1. The number of methoxy groups -OCH3 is 1. The number of pyridine rings is 1. The quantitative estimate of drug-likeness (QED) is 0.595. The molecule has 1 unspecified atom stereocenters. The van der Waals surface area contributed by atoms with Gasteiger partial charge in [0.25, 0.3) is 0 Å². The first-order valence-corrected chi connectivity index (χ1v) is 10.6. The molecule has 1 saturated heterocycles. The molecule has 3 aromatic rings. The summed E-state index contributed by atoms with van der Waals surface area (Å²) in [6.45, 7) is 1.57. The van der Waals surface area contributed by atoms with Crippen LogP contribution in [-0.4, -0.2) is 37.3 Å². The number of carbonyl (C=O) groups is 1. The van der Waals surface area contributed by atoms with Gasteiger partial charge in [0.2, 0.25) is 0 Å². The second kappa shape index (κ2) is 9.71. The van der Waals surface area contributed by atoms with Crippen LogP contribution in [0.3, 0.4) is 0 Å². The minimum absolute atomic E-state index is 0.0133. The van der Waals surface area contributed by atoms with E-state index in [2.05, 4.69) is 32.7 Å². The highest BCUT2D eigenvalue weighted by Crippen LogP contribution is 2.31. The lowest BCUT2D eigenvalue weighted by molar-refractivity contribution is 0.243. The van der Waals surface area contributed by atoms with Gasteiger partial charge in [0.05, 0.1) is 7.11 Å². The molecule has 31 heavy (non-hydrogen) atoms. The van der Waals surface area contributed by atoms with Crippen LogP contribution in [0.2, 0.25) is 5.02 Å². The van der Waals surface area contributed by atoms with E-state index in [1.807, 2.05) is 36.5 Å². The van der Waals surface area contributed by atoms with E-state index in [9.17, 15) is 4.79 Å². The first-order valence-electron chi connectivity index (χ1n) is 10.3. The second-order valence-electron chi connectivity index (χ2n) is 7.51. The fourth-order valence-corrected chi connectivity index (χ4v) is 4.06. The molecule has 4 rings (SSSR count). The van der Waals surface area contributed by atoms with Crippen LogP contribution in [0, 0.1) is 0 Å². The van der Waals surface area contributed by atoms with E-state index in [4.69, 9.17) is 16.3 Å². The maximum Gasteiger partial charge on any atom is 0.319 e. The van der Waals surface area contributed by atoms with Gasteiger partial charge in [-0.1, -0.05) is 29.8 Å². The number of piperidine rings is 1. The highest BCUT2D eigenvalue weighted by Gasteiger charge is 2.32. The van der Waals surface area contributed by atoms with Crippen LogP contribution in [0.25, 0.3) is 0 Å². The van der Waals surface area contributed by atoms with Crippen LogP contribution in [0.4, 0.5) is 16.3 Å². The summed E-state index contributed by atoms with van der Waals surface area (Å²) >= 11 is 5.93. The molecule has 1 aliphatic rings. The molecule has 0 radical (unpaired) electrons. The fraction of sp³-hybridized carbons (Fsp3) is 0.250. The Labute approximate surface area is 187 Å². The molecule has 2 N–H and O–H groups in total. The zero-order valence-corrected chi connectivity index (χ0v) is 18.0. The lowest BCUT2D eigenvalue weighted by Crippen LogP contribution is -2.51. The van der Waals surface area contributed by atoms with Gasteiger partial charge in [0.1, 0.15) is 11.6 Å². The molecule has 1 aliphatic heterocycles. The maximum atomic E-state index is 12.7. The largest absolute Gasteiger partial charge is 0.497 e. The zero-order chi connectivity index (χ0) is 21.6. The topological polar surface area (TPSA) is 66.5 Å². The number of ether oxygens (including phenoxy) is 1. The van der Waals surface area contributed by atoms with Gasteiger partial charge in [0, 0.05) is 42.0 Å². The number of carbonyl (C=O) groups excluding carboxylic acids is 1. The highest BCUT2D eigenvalue weighted by atomic mass is 35.5. The van der Waals surface area contributed by atoms with Crippen LogP contribution in [0.1, 0.15) is 17.9 Å². The molecule has 0 spiro atoms. The molecule has 1 aromatic heterocycles. The lowest BCUT2D eigenvalue weighted by atomic mass is 9.86. The van der Waals surface area contributed by atoms with Crippen molar-refractivity contribution in [2.75, 3.05) is 30.4 Å². The molecule has 1 fully saturated rings. The number of nitrogens with zero attached hydrogens (tertiary/aromatic N) is 2. The number of halogens is 1. The number of aromatic nitrogens is 1. The van der Waals surface area contributed by atoms with Crippen molar-refractivity contribution < 1.29 is 9.53 Å². The highest BCUT2D eigenvalue weighted by molar-refractivity contribution is 6.30. The molecule has 2 heterocycles. The first kappa shape index (κ1) is 21.0. The Morgan fingerprint density at radius 3 is 2.55 bits per heavy atom. The Morgan fingerprint density at radius 1 is 1.10 bits per heavy atom. The summed E-state index contributed by atoms with van der Waals surface area (Å²) in [4.78, 5) is 19.5. The van der Waals surface area contributed by atoms with Crippen molar-refractivity contribution in [2.45, 2.75) is 18.4 Å². The van der Waals surface area contributed by atoms with E-state index in [1.54, 1.807) is 31.4 Å². The van der Waals surface area contributed by atoms with Gasteiger partial charge in [-0.15, -0.1) is 0 Å². The summed E-state index contributed by atoms with van der Waals surface area (Å²) in [5, 5.41) is 6.70. The fourth-order valence-electron chi connectivity index (χ4n) is 3.93. The van der Waals surface area contributed by atoms with Crippen molar-refractivity contribution in [3.63, 3.8) is 0 Å². The first-order chi connectivity index (χ1) is 15.1. The summed E-state index contributed by atoms with van der Waals surface area (Å²) in [6.07, 6.45) is 2.61. The number of hydrogen-bond acceptors (Lipinski definition) is 4. The molecular weight excluding hydrogens is 412 g/mol. The van der Waals surface area contributed by atoms with E-state index in [1.165, 1.54) is 0 Å². The van der Waals surface area contributed by atoms with Crippen molar-refractivity contribution in [3.05, 3.63) is 83.5 Å². The summed E-state index contributed by atoms with van der Waals surface area (Å²) in [7, 11) is 1.66. The van der Waals surface area contributed by atoms with Crippen LogP contribution in [-0.2, 0) is 0 Å². The Morgan fingerprint density at radius 2 is 1.87 bits per heavy atom. The van der Waals surface area contributed by atoms with Crippen molar-refractivity contribution in [2.24, 2.45) is 0 Å². The second-order valence-corrected chi connectivity index (χ2v) is 7.95. The third-order valence-corrected chi connectivity index (χ3v) is 5.80. The molecule has 6 nitrogen and oxygen atoms in total. The molecule has 7 heteroatoms. The van der Waals surface area contributed by atoms with Crippen molar-refractivity contribution in [1.82, 2.24) is 10.3 Å². The van der Waals surface area contributed by atoms with Crippen LogP contribution < -0.4 is 20.3 Å². The predicted molar refractivity (Wildman–Crippen MR) is 124 cm³/mol. The average molecular weight is 437 g/mol. The molecule has 0 aliphatic carbocycles. The third-order valence-electron chi connectivity index (χ3n) is 5.55.